The number of urea groups is 1. The van der Waals surface area contributed by atoms with E-state index in [1.807, 2.05) is 0 Å². The maximum Gasteiger partial charge on any atom is 0.339 e. The van der Waals surface area contributed by atoms with E-state index in [0.29, 0.717) is 17.7 Å². The van der Waals surface area contributed by atoms with Crippen LogP contribution < -0.4 is 10.6 Å². The van der Waals surface area contributed by atoms with Gasteiger partial charge in [0.15, 0.2) is 9.84 Å². The summed E-state index contributed by atoms with van der Waals surface area (Å²) in [6, 6.07) is 13.5. The Balaban J connectivity index is 2.24. The minimum atomic E-state index is -3.28. The van der Waals surface area contributed by atoms with Crippen molar-refractivity contribution in [3.8, 4) is 0 Å². The summed E-state index contributed by atoms with van der Waals surface area (Å²) >= 11 is 0. The lowest BCUT2D eigenvalue weighted by atomic mass is 10.1. The number of ether oxygens (including phenoxy) is 1. The van der Waals surface area contributed by atoms with E-state index >= 15 is 0 Å². The van der Waals surface area contributed by atoms with Gasteiger partial charge < -0.3 is 10.1 Å². The molecular formula is C20H22N2O6S. The molecule has 154 valence electrons. The SMILES string of the molecule is CCNC(=O)NC(=O)[C@H](OC(=O)c1cccc(CS(C)(=O)=O)c1)c1ccccc1. The lowest BCUT2D eigenvalue weighted by Gasteiger charge is -2.18. The number of nitrogens with one attached hydrogen (secondary N) is 2. The highest BCUT2D eigenvalue weighted by atomic mass is 32.2. The van der Waals surface area contributed by atoms with E-state index in [1.165, 1.54) is 18.2 Å². The fourth-order valence-electron chi connectivity index (χ4n) is 2.55. The molecule has 2 rings (SSSR count). The Bertz CT molecular complexity index is 989. The van der Waals surface area contributed by atoms with Gasteiger partial charge in [-0.05, 0) is 24.6 Å². The van der Waals surface area contributed by atoms with E-state index in [-0.39, 0.29) is 11.3 Å². The molecule has 3 amide bonds. The molecule has 0 heterocycles. The van der Waals surface area contributed by atoms with E-state index in [0.717, 1.165) is 6.26 Å². The largest absolute Gasteiger partial charge is 0.444 e. The number of hydrogen-bond acceptors (Lipinski definition) is 6. The quantitative estimate of drug-likeness (QED) is 0.664. The van der Waals surface area contributed by atoms with Crippen molar-refractivity contribution in [1.82, 2.24) is 10.6 Å². The highest BCUT2D eigenvalue weighted by Crippen LogP contribution is 2.20. The van der Waals surface area contributed by atoms with Gasteiger partial charge in [-0.1, -0.05) is 42.5 Å². The van der Waals surface area contributed by atoms with E-state index in [4.69, 9.17) is 4.74 Å². The molecule has 0 fully saturated rings. The summed E-state index contributed by atoms with van der Waals surface area (Å²) in [5.41, 5.74) is 0.901. The second kappa shape index (κ2) is 9.83. The predicted molar refractivity (Wildman–Crippen MR) is 107 cm³/mol. The van der Waals surface area contributed by atoms with Crippen molar-refractivity contribution in [1.29, 1.82) is 0 Å². The van der Waals surface area contributed by atoms with Crippen LogP contribution in [0.5, 0.6) is 0 Å². The third-order valence-corrected chi connectivity index (χ3v) is 4.59. The zero-order chi connectivity index (χ0) is 21.4. The van der Waals surface area contributed by atoms with E-state index in [2.05, 4.69) is 10.6 Å². The molecule has 0 bridgehead atoms. The van der Waals surface area contributed by atoms with Crippen molar-refractivity contribution < 1.29 is 27.5 Å². The number of esters is 1. The minimum absolute atomic E-state index is 0.0953. The summed E-state index contributed by atoms with van der Waals surface area (Å²) in [5.74, 6) is -1.85. The van der Waals surface area contributed by atoms with Crippen molar-refractivity contribution in [3.63, 3.8) is 0 Å². The lowest BCUT2D eigenvalue weighted by molar-refractivity contribution is -0.129. The number of sulfone groups is 1. The molecule has 0 spiro atoms. The summed E-state index contributed by atoms with van der Waals surface area (Å²) in [6.45, 7) is 2.02. The molecule has 1 atom stereocenters. The van der Waals surface area contributed by atoms with Gasteiger partial charge in [-0.3, -0.25) is 10.1 Å². The average Bonchev–Trinajstić information content (AvgIpc) is 2.65. The van der Waals surface area contributed by atoms with Gasteiger partial charge in [-0.15, -0.1) is 0 Å². The fourth-order valence-corrected chi connectivity index (χ4v) is 3.33. The van der Waals surface area contributed by atoms with E-state index in [1.54, 1.807) is 43.3 Å². The number of carbonyl (C=O) groups excluding carboxylic acids is 3. The molecule has 0 aliphatic heterocycles. The second-order valence-electron chi connectivity index (χ2n) is 6.32. The van der Waals surface area contributed by atoms with Crippen LogP contribution in [0.1, 0.15) is 34.5 Å². The van der Waals surface area contributed by atoms with Crippen LogP contribution in [0.3, 0.4) is 0 Å². The van der Waals surface area contributed by atoms with Crippen LogP contribution in [-0.4, -0.2) is 39.1 Å². The monoisotopic (exact) mass is 418 g/mol. The van der Waals surface area contributed by atoms with Crippen LogP contribution in [0, 0.1) is 0 Å². The smallest absolute Gasteiger partial charge is 0.339 e. The highest BCUT2D eigenvalue weighted by Gasteiger charge is 2.27. The number of rotatable bonds is 7. The third kappa shape index (κ3) is 7.04. The Morgan fingerprint density at radius 3 is 2.34 bits per heavy atom. The number of hydrogen-bond donors (Lipinski definition) is 2. The Morgan fingerprint density at radius 1 is 1.03 bits per heavy atom. The molecule has 0 saturated heterocycles. The van der Waals surface area contributed by atoms with Gasteiger partial charge in [0, 0.05) is 18.4 Å². The van der Waals surface area contributed by atoms with Crippen LogP contribution in [0.15, 0.2) is 54.6 Å². The van der Waals surface area contributed by atoms with Gasteiger partial charge in [0.25, 0.3) is 5.91 Å². The molecule has 0 aliphatic carbocycles. The van der Waals surface area contributed by atoms with Crippen LogP contribution in [0.25, 0.3) is 0 Å². The number of imide groups is 1. The standard InChI is InChI=1S/C20H22N2O6S/c1-3-21-20(25)22-18(23)17(15-9-5-4-6-10-15)28-19(24)16-11-7-8-14(12-16)13-29(2,26)27/h4-12,17H,3,13H2,1-2H3,(H2,21,22,23,25)/t17-/m1/s1. The molecule has 0 aromatic heterocycles. The Kier molecular flexibility index (Phi) is 7.49. The Labute approximate surface area is 169 Å². The second-order valence-corrected chi connectivity index (χ2v) is 8.46. The minimum Gasteiger partial charge on any atom is -0.444 e. The maximum absolute atomic E-state index is 12.6. The van der Waals surface area contributed by atoms with Crippen molar-refractivity contribution >= 4 is 27.7 Å². The van der Waals surface area contributed by atoms with Crippen molar-refractivity contribution in [2.75, 3.05) is 12.8 Å². The van der Waals surface area contributed by atoms with E-state index < -0.39 is 33.8 Å². The fraction of sp³-hybridized carbons (Fsp3) is 0.250. The van der Waals surface area contributed by atoms with Gasteiger partial charge in [0.1, 0.15) is 0 Å². The van der Waals surface area contributed by atoms with Gasteiger partial charge >= 0.3 is 12.0 Å². The molecule has 29 heavy (non-hydrogen) atoms. The van der Waals surface area contributed by atoms with Gasteiger partial charge in [-0.25, -0.2) is 18.0 Å². The molecule has 8 nitrogen and oxygen atoms in total. The topological polar surface area (TPSA) is 119 Å². The van der Waals surface area contributed by atoms with Gasteiger partial charge in [0.05, 0.1) is 11.3 Å². The van der Waals surface area contributed by atoms with Crippen LogP contribution in [0.2, 0.25) is 0 Å². The molecule has 9 heteroatoms. The van der Waals surface area contributed by atoms with Crippen molar-refractivity contribution in [2.24, 2.45) is 0 Å². The molecule has 0 unspecified atom stereocenters. The number of amides is 3. The Hall–Kier alpha value is -3.20. The first-order valence-corrected chi connectivity index (χ1v) is 10.9. The molecule has 0 saturated carbocycles. The number of benzene rings is 2. The average molecular weight is 418 g/mol. The zero-order valence-corrected chi connectivity index (χ0v) is 16.9. The summed E-state index contributed by atoms with van der Waals surface area (Å²) in [5, 5.41) is 4.56. The van der Waals surface area contributed by atoms with Crippen molar-refractivity contribution in [2.45, 2.75) is 18.8 Å². The summed E-state index contributed by atoms with van der Waals surface area (Å²) in [7, 11) is -3.28. The molecule has 0 radical (unpaired) electrons. The molecule has 2 aromatic carbocycles. The first-order valence-electron chi connectivity index (χ1n) is 8.81. The van der Waals surface area contributed by atoms with E-state index in [9.17, 15) is 22.8 Å². The molecule has 0 aliphatic rings. The first kappa shape index (κ1) is 22.1. The normalized spacial score (nSPS) is 11.9. The van der Waals surface area contributed by atoms with Crippen molar-refractivity contribution in [3.05, 3.63) is 71.3 Å². The summed E-state index contributed by atoms with van der Waals surface area (Å²) < 4.78 is 28.3. The molecular weight excluding hydrogens is 396 g/mol. The summed E-state index contributed by atoms with van der Waals surface area (Å²) in [4.78, 5) is 36.8. The number of carbonyl (C=O) groups is 3. The maximum atomic E-state index is 12.6. The third-order valence-electron chi connectivity index (χ3n) is 3.73. The highest BCUT2D eigenvalue weighted by molar-refractivity contribution is 7.89. The lowest BCUT2D eigenvalue weighted by Crippen LogP contribution is -2.42. The molecule has 2 N–H and O–H groups in total. The van der Waals surface area contributed by atoms with Gasteiger partial charge in [-0.2, -0.15) is 0 Å². The van der Waals surface area contributed by atoms with Gasteiger partial charge in [0.2, 0.25) is 6.10 Å². The first-order chi connectivity index (χ1) is 13.7. The molecule has 2 aromatic rings. The summed E-state index contributed by atoms with van der Waals surface area (Å²) in [6.07, 6.45) is -0.264. The zero-order valence-electron chi connectivity index (χ0n) is 16.0. The van der Waals surface area contributed by atoms with Crippen LogP contribution >= 0.6 is 0 Å². The Morgan fingerprint density at radius 2 is 1.72 bits per heavy atom. The predicted octanol–water partition coefficient (Wildman–Crippen LogP) is 1.97. The van der Waals surface area contributed by atoms with Crippen LogP contribution in [0.4, 0.5) is 4.79 Å². The van der Waals surface area contributed by atoms with Crippen LogP contribution in [-0.2, 0) is 25.1 Å².